The molecule has 0 aliphatic carbocycles. The van der Waals surface area contributed by atoms with E-state index in [1.54, 1.807) is 46.8 Å². The molecule has 2 N–H and O–H groups in total. The van der Waals surface area contributed by atoms with E-state index in [2.05, 4.69) is 10.3 Å². The van der Waals surface area contributed by atoms with Gasteiger partial charge >= 0.3 is 0 Å². The molecule has 1 atom stereocenters. The maximum Gasteiger partial charge on any atom is 0.248 e. The maximum absolute atomic E-state index is 13.9. The number of hydrogen-bond acceptors (Lipinski definition) is 5. The van der Waals surface area contributed by atoms with Gasteiger partial charge in [-0.25, -0.2) is 4.39 Å². The monoisotopic (exact) mass is 501 g/mol. The van der Waals surface area contributed by atoms with Crippen molar-refractivity contribution in [3.05, 3.63) is 128 Å². The predicted octanol–water partition coefficient (Wildman–Crippen LogP) is 5.38. The first-order valence-electron chi connectivity index (χ1n) is 11.5. The zero-order chi connectivity index (χ0) is 24.9. The van der Waals surface area contributed by atoms with Crippen LogP contribution in [-0.4, -0.2) is 15.8 Å². The molecular weight excluding hydrogens is 477 g/mol. The Hall–Kier alpha value is -4.01. The third kappa shape index (κ3) is 5.62. The number of nitrogens with one attached hydrogen (secondary N) is 2. The second kappa shape index (κ2) is 10.7. The highest BCUT2D eigenvalue weighted by Gasteiger charge is 2.27. The number of carbonyl (C=O) groups is 1. The standard InChI is InChI=1S/C28H24FN3O3S/c29-22-9-6-20(7-10-22)27(30-16-19-5-11-25-21(15-19)8-12-26(33)31-25)28(34)32(17-23-3-1-13-35-23)18-24-4-2-14-36-24/h1-15,27,30H,16-18H2,(H,31,33)/t27-/m0/s1. The molecule has 5 aromatic rings. The van der Waals surface area contributed by atoms with E-state index in [0.29, 0.717) is 31.0 Å². The third-order valence-electron chi connectivity index (χ3n) is 5.91. The first kappa shape index (κ1) is 23.7. The highest BCUT2D eigenvalue weighted by atomic mass is 32.1. The van der Waals surface area contributed by atoms with Crippen LogP contribution in [0.2, 0.25) is 0 Å². The Balaban J connectivity index is 1.43. The highest BCUT2D eigenvalue weighted by Crippen LogP contribution is 2.23. The second-order valence-electron chi connectivity index (χ2n) is 8.46. The Bertz CT molecular complexity index is 1460. The van der Waals surface area contributed by atoms with Crippen LogP contribution >= 0.6 is 11.3 Å². The Morgan fingerprint density at radius 1 is 1.03 bits per heavy atom. The number of aromatic nitrogens is 1. The molecule has 36 heavy (non-hydrogen) atoms. The van der Waals surface area contributed by atoms with Crippen molar-refractivity contribution in [1.29, 1.82) is 0 Å². The molecule has 3 aromatic heterocycles. The van der Waals surface area contributed by atoms with Crippen LogP contribution in [0.25, 0.3) is 10.9 Å². The minimum Gasteiger partial charge on any atom is -0.467 e. The van der Waals surface area contributed by atoms with E-state index in [1.807, 2.05) is 41.8 Å². The summed E-state index contributed by atoms with van der Waals surface area (Å²) in [6, 6.07) is 21.9. The van der Waals surface area contributed by atoms with Crippen molar-refractivity contribution in [3.8, 4) is 0 Å². The number of halogens is 1. The molecule has 0 bridgehead atoms. The van der Waals surface area contributed by atoms with Gasteiger partial charge in [0.25, 0.3) is 0 Å². The molecule has 0 spiro atoms. The molecule has 0 unspecified atom stereocenters. The number of furan rings is 1. The molecule has 6 nitrogen and oxygen atoms in total. The van der Waals surface area contributed by atoms with E-state index < -0.39 is 6.04 Å². The Morgan fingerprint density at radius 2 is 1.89 bits per heavy atom. The number of rotatable bonds is 9. The van der Waals surface area contributed by atoms with Crippen LogP contribution in [0.1, 0.15) is 27.8 Å². The van der Waals surface area contributed by atoms with Gasteiger partial charge in [0.2, 0.25) is 11.5 Å². The molecular formula is C28H24FN3O3S. The molecule has 0 saturated heterocycles. The normalized spacial score (nSPS) is 12.0. The Morgan fingerprint density at radius 3 is 2.64 bits per heavy atom. The zero-order valence-electron chi connectivity index (χ0n) is 19.3. The van der Waals surface area contributed by atoms with E-state index in [4.69, 9.17) is 4.42 Å². The molecule has 0 radical (unpaired) electrons. The number of thiophene rings is 1. The topological polar surface area (TPSA) is 78.3 Å². The smallest absolute Gasteiger partial charge is 0.248 e. The fraction of sp³-hybridized carbons (Fsp3) is 0.143. The molecule has 0 fully saturated rings. The lowest BCUT2D eigenvalue weighted by atomic mass is 10.0. The van der Waals surface area contributed by atoms with Gasteiger partial charge in [0.15, 0.2) is 0 Å². The van der Waals surface area contributed by atoms with Crippen molar-refractivity contribution in [1.82, 2.24) is 15.2 Å². The number of amides is 1. The number of carbonyl (C=O) groups excluding carboxylic acids is 1. The molecule has 2 aromatic carbocycles. The lowest BCUT2D eigenvalue weighted by Crippen LogP contribution is -2.40. The minimum absolute atomic E-state index is 0.142. The zero-order valence-corrected chi connectivity index (χ0v) is 20.1. The van der Waals surface area contributed by atoms with Gasteiger partial charge < -0.3 is 14.3 Å². The number of hydrogen-bond donors (Lipinski definition) is 2. The van der Waals surface area contributed by atoms with Gasteiger partial charge in [-0.1, -0.05) is 24.3 Å². The molecule has 182 valence electrons. The summed E-state index contributed by atoms with van der Waals surface area (Å²) < 4.78 is 19.2. The van der Waals surface area contributed by atoms with Crippen LogP contribution in [0.15, 0.2) is 99.7 Å². The van der Waals surface area contributed by atoms with Crippen molar-refractivity contribution >= 4 is 28.1 Å². The first-order valence-corrected chi connectivity index (χ1v) is 12.4. The average molecular weight is 502 g/mol. The number of pyridine rings is 1. The molecule has 5 rings (SSSR count). The van der Waals surface area contributed by atoms with Gasteiger partial charge in [-0.05, 0) is 70.4 Å². The summed E-state index contributed by atoms with van der Waals surface area (Å²) in [5, 5.41) is 6.25. The van der Waals surface area contributed by atoms with Gasteiger partial charge in [-0.3, -0.25) is 14.9 Å². The molecule has 3 heterocycles. The van der Waals surface area contributed by atoms with E-state index >= 15 is 0 Å². The Kier molecular flexibility index (Phi) is 7.06. The maximum atomic E-state index is 13.9. The largest absolute Gasteiger partial charge is 0.467 e. The van der Waals surface area contributed by atoms with Gasteiger partial charge in [0.05, 0.1) is 19.4 Å². The lowest BCUT2D eigenvalue weighted by molar-refractivity contribution is -0.135. The van der Waals surface area contributed by atoms with Crippen molar-refractivity contribution in [2.45, 2.75) is 25.7 Å². The van der Waals surface area contributed by atoms with Crippen LogP contribution in [0.5, 0.6) is 0 Å². The number of benzene rings is 2. The summed E-state index contributed by atoms with van der Waals surface area (Å²) in [6.07, 6.45) is 1.59. The molecule has 8 heteroatoms. The van der Waals surface area contributed by atoms with E-state index in [0.717, 1.165) is 21.3 Å². The van der Waals surface area contributed by atoms with Crippen LogP contribution in [0.4, 0.5) is 4.39 Å². The van der Waals surface area contributed by atoms with E-state index in [-0.39, 0.29) is 17.3 Å². The Labute approximate surface area is 211 Å². The molecule has 0 aliphatic heterocycles. The SMILES string of the molecule is O=C([C@@H](NCc1ccc2[nH]c(=O)ccc2c1)c1ccc(F)cc1)N(Cc1ccco1)Cc1cccs1. The highest BCUT2D eigenvalue weighted by molar-refractivity contribution is 7.09. The number of nitrogens with zero attached hydrogens (tertiary/aromatic N) is 1. The van der Waals surface area contributed by atoms with Crippen LogP contribution in [0.3, 0.4) is 0 Å². The van der Waals surface area contributed by atoms with E-state index in [1.165, 1.54) is 18.2 Å². The summed E-state index contributed by atoms with van der Waals surface area (Å²) in [4.78, 5) is 31.1. The van der Waals surface area contributed by atoms with Crippen molar-refractivity contribution in [3.63, 3.8) is 0 Å². The van der Waals surface area contributed by atoms with E-state index in [9.17, 15) is 14.0 Å². The average Bonchev–Trinajstić information content (AvgIpc) is 3.59. The lowest BCUT2D eigenvalue weighted by Gasteiger charge is -2.27. The number of fused-ring (bicyclic) bond motifs is 1. The van der Waals surface area contributed by atoms with Crippen LogP contribution < -0.4 is 10.9 Å². The van der Waals surface area contributed by atoms with Crippen molar-refractivity contribution in [2.75, 3.05) is 0 Å². The fourth-order valence-corrected chi connectivity index (χ4v) is 4.83. The van der Waals surface area contributed by atoms with Crippen molar-refractivity contribution in [2.24, 2.45) is 0 Å². The molecule has 0 saturated carbocycles. The predicted molar refractivity (Wildman–Crippen MR) is 138 cm³/mol. The first-order chi connectivity index (χ1) is 17.5. The summed E-state index contributed by atoms with van der Waals surface area (Å²) >= 11 is 1.58. The van der Waals surface area contributed by atoms with Crippen LogP contribution in [-0.2, 0) is 24.4 Å². The van der Waals surface area contributed by atoms with Gasteiger partial charge in [0, 0.05) is 23.0 Å². The van der Waals surface area contributed by atoms with Gasteiger partial charge in [0.1, 0.15) is 17.6 Å². The summed E-state index contributed by atoms with van der Waals surface area (Å²) in [6.45, 7) is 1.14. The number of H-pyrrole nitrogens is 1. The summed E-state index contributed by atoms with van der Waals surface area (Å²) in [7, 11) is 0. The fourth-order valence-electron chi connectivity index (χ4n) is 4.11. The number of aromatic amines is 1. The summed E-state index contributed by atoms with van der Waals surface area (Å²) in [5.74, 6) is 0.178. The van der Waals surface area contributed by atoms with Gasteiger partial charge in [-0.2, -0.15) is 0 Å². The minimum atomic E-state index is -0.702. The molecule has 0 aliphatic rings. The third-order valence-corrected chi connectivity index (χ3v) is 6.78. The quantitative estimate of drug-likeness (QED) is 0.284. The van der Waals surface area contributed by atoms with Crippen molar-refractivity contribution < 1.29 is 13.6 Å². The second-order valence-corrected chi connectivity index (χ2v) is 9.49. The van der Waals surface area contributed by atoms with Crippen LogP contribution in [0, 0.1) is 5.82 Å². The summed E-state index contributed by atoms with van der Waals surface area (Å²) in [5.41, 5.74) is 2.21. The molecule has 1 amide bonds. The van der Waals surface area contributed by atoms with Gasteiger partial charge in [-0.15, -0.1) is 11.3 Å².